The third-order valence-corrected chi connectivity index (χ3v) is 4.53. The van der Waals surface area contributed by atoms with Gasteiger partial charge in [0.1, 0.15) is 10.8 Å². The molecule has 6 nitrogen and oxygen atoms in total. The van der Waals surface area contributed by atoms with Gasteiger partial charge in [-0.2, -0.15) is 10.2 Å². The summed E-state index contributed by atoms with van der Waals surface area (Å²) in [6, 6.07) is 17.7. The lowest BCUT2D eigenvalue weighted by atomic mass is 10.2. The van der Waals surface area contributed by atoms with Gasteiger partial charge >= 0.3 is 0 Å². The fourth-order valence-electron chi connectivity index (χ4n) is 2.45. The normalized spacial score (nSPS) is 10.8. The molecule has 2 aromatic carbocycles. The van der Waals surface area contributed by atoms with Crippen LogP contribution in [0.25, 0.3) is 10.9 Å². The summed E-state index contributed by atoms with van der Waals surface area (Å²) >= 11 is 1.53. The summed E-state index contributed by atoms with van der Waals surface area (Å²) in [5.41, 5.74) is 1.82. The van der Waals surface area contributed by atoms with E-state index < -0.39 is 0 Å². The second-order valence-corrected chi connectivity index (χ2v) is 6.40. The van der Waals surface area contributed by atoms with Gasteiger partial charge in [-0.15, -0.1) is 5.10 Å². The molecular weight excluding hydrogens is 334 g/mol. The SMILES string of the molecule is COc1cccc(Sc2cc(Nc3n[nH]c4ccccc34)cnn2)c1. The Bertz CT molecular complexity index is 1020. The number of aromatic nitrogens is 4. The van der Waals surface area contributed by atoms with E-state index in [0.717, 1.165) is 38.1 Å². The van der Waals surface area contributed by atoms with E-state index in [1.54, 1.807) is 13.3 Å². The molecule has 25 heavy (non-hydrogen) atoms. The van der Waals surface area contributed by atoms with Crippen molar-refractivity contribution in [3.63, 3.8) is 0 Å². The maximum atomic E-state index is 5.25. The summed E-state index contributed by atoms with van der Waals surface area (Å²) in [7, 11) is 1.66. The summed E-state index contributed by atoms with van der Waals surface area (Å²) in [4.78, 5) is 1.04. The number of hydrogen-bond acceptors (Lipinski definition) is 6. The Morgan fingerprint density at radius 1 is 1.08 bits per heavy atom. The van der Waals surface area contributed by atoms with E-state index in [1.165, 1.54) is 11.8 Å². The van der Waals surface area contributed by atoms with Gasteiger partial charge in [-0.25, -0.2) is 0 Å². The molecule has 0 aliphatic carbocycles. The van der Waals surface area contributed by atoms with E-state index in [4.69, 9.17) is 4.74 Å². The predicted octanol–water partition coefficient (Wildman–Crippen LogP) is 4.26. The van der Waals surface area contributed by atoms with Crippen molar-refractivity contribution < 1.29 is 4.74 Å². The van der Waals surface area contributed by atoms with Gasteiger partial charge in [-0.3, -0.25) is 5.10 Å². The zero-order chi connectivity index (χ0) is 17.1. The van der Waals surface area contributed by atoms with Crippen LogP contribution in [0.4, 0.5) is 11.5 Å². The highest BCUT2D eigenvalue weighted by atomic mass is 32.2. The summed E-state index contributed by atoms with van der Waals surface area (Å²) < 4.78 is 5.25. The van der Waals surface area contributed by atoms with Crippen LogP contribution in [0.1, 0.15) is 0 Å². The first-order chi connectivity index (χ1) is 12.3. The fourth-order valence-corrected chi connectivity index (χ4v) is 3.28. The van der Waals surface area contributed by atoms with Gasteiger partial charge in [0.25, 0.3) is 0 Å². The quantitative estimate of drug-likeness (QED) is 0.561. The Morgan fingerprint density at radius 2 is 2.00 bits per heavy atom. The van der Waals surface area contributed by atoms with Crippen LogP contribution in [0.2, 0.25) is 0 Å². The number of anilines is 2. The van der Waals surface area contributed by atoms with Crippen molar-refractivity contribution in [3.8, 4) is 5.75 Å². The number of nitrogens with zero attached hydrogens (tertiary/aromatic N) is 3. The molecule has 0 spiro atoms. The van der Waals surface area contributed by atoms with Gasteiger partial charge in [0.15, 0.2) is 5.82 Å². The topological polar surface area (TPSA) is 75.7 Å². The van der Waals surface area contributed by atoms with Crippen LogP contribution in [0.15, 0.2) is 70.7 Å². The monoisotopic (exact) mass is 349 g/mol. The summed E-state index contributed by atoms with van der Waals surface area (Å²) in [6.45, 7) is 0. The Labute approximate surface area is 148 Å². The van der Waals surface area contributed by atoms with Crippen molar-refractivity contribution in [2.24, 2.45) is 0 Å². The molecule has 0 bridgehead atoms. The minimum Gasteiger partial charge on any atom is -0.497 e. The van der Waals surface area contributed by atoms with Gasteiger partial charge < -0.3 is 10.1 Å². The predicted molar refractivity (Wildman–Crippen MR) is 98.5 cm³/mol. The average molecular weight is 349 g/mol. The van der Waals surface area contributed by atoms with Gasteiger partial charge in [0.05, 0.1) is 24.5 Å². The molecule has 0 saturated carbocycles. The van der Waals surface area contributed by atoms with Crippen LogP contribution >= 0.6 is 11.8 Å². The molecule has 0 amide bonds. The number of ether oxygens (including phenoxy) is 1. The molecule has 7 heteroatoms. The Hall–Kier alpha value is -3.06. The first-order valence-corrected chi connectivity index (χ1v) is 8.48. The molecular formula is C18H15N5OS. The molecule has 2 N–H and O–H groups in total. The molecule has 0 aliphatic rings. The molecule has 0 aliphatic heterocycles. The molecule has 124 valence electrons. The third-order valence-electron chi connectivity index (χ3n) is 3.63. The summed E-state index contributed by atoms with van der Waals surface area (Å²) in [5.74, 6) is 1.58. The maximum absolute atomic E-state index is 5.25. The van der Waals surface area contributed by atoms with Crippen LogP contribution in [0.5, 0.6) is 5.75 Å². The Balaban J connectivity index is 1.57. The summed E-state index contributed by atoms with van der Waals surface area (Å²) in [6.07, 6.45) is 1.68. The number of benzene rings is 2. The van der Waals surface area contributed by atoms with Crippen LogP contribution in [-0.2, 0) is 0 Å². The Morgan fingerprint density at radius 3 is 2.92 bits per heavy atom. The fraction of sp³-hybridized carbons (Fsp3) is 0.0556. The lowest BCUT2D eigenvalue weighted by molar-refractivity contribution is 0.413. The molecule has 2 heterocycles. The highest BCUT2D eigenvalue weighted by molar-refractivity contribution is 7.99. The van der Waals surface area contributed by atoms with Gasteiger partial charge in [-0.05, 0) is 36.4 Å². The van der Waals surface area contributed by atoms with Crippen LogP contribution in [-0.4, -0.2) is 27.5 Å². The molecule has 4 rings (SSSR count). The number of rotatable bonds is 5. The zero-order valence-electron chi connectivity index (χ0n) is 13.4. The van der Waals surface area contributed by atoms with Crippen molar-refractivity contribution in [2.75, 3.05) is 12.4 Å². The third kappa shape index (κ3) is 3.41. The van der Waals surface area contributed by atoms with Crippen molar-refractivity contribution in [2.45, 2.75) is 9.92 Å². The van der Waals surface area contributed by atoms with Crippen LogP contribution < -0.4 is 10.1 Å². The average Bonchev–Trinajstić information content (AvgIpc) is 3.05. The molecule has 0 radical (unpaired) electrons. The number of methoxy groups -OCH3 is 1. The molecule has 0 unspecified atom stereocenters. The number of hydrogen-bond donors (Lipinski definition) is 2. The highest BCUT2D eigenvalue weighted by Crippen LogP contribution is 2.30. The zero-order valence-corrected chi connectivity index (χ0v) is 14.2. The second-order valence-electron chi connectivity index (χ2n) is 5.31. The van der Waals surface area contributed by atoms with Gasteiger partial charge in [0.2, 0.25) is 0 Å². The van der Waals surface area contributed by atoms with E-state index in [1.807, 2.05) is 54.6 Å². The van der Waals surface area contributed by atoms with Gasteiger partial charge in [0, 0.05) is 10.3 Å². The van der Waals surface area contributed by atoms with Crippen molar-refractivity contribution in [1.29, 1.82) is 0 Å². The number of para-hydroxylation sites is 1. The van der Waals surface area contributed by atoms with Crippen molar-refractivity contribution in [3.05, 3.63) is 60.8 Å². The minimum atomic E-state index is 0.765. The van der Waals surface area contributed by atoms with E-state index in [9.17, 15) is 0 Å². The Kier molecular flexibility index (Phi) is 4.22. The van der Waals surface area contributed by atoms with Crippen LogP contribution in [0.3, 0.4) is 0 Å². The minimum absolute atomic E-state index is 0.765. The largest absolute Gasteiger partial charge is 0.497 e. The van der Waals surface area contributed by atoms with E-state index >= 15 is 0 Å². The number of nitrogens with one attached hydrogen (secondary N) is 2. The molecule has 0 fully saturated rings. The lowest BCUT2D eigenvalue weighted by Crippen LogP contribution is -1.94. The lowest BCUT2D eigenvalue weighted by Gasteiger charge is -2.06. The first kappa shape index (κ1) is 15.5. The number of H-pyrrole nitrogens is 1. The maximum Gasteiger partial charge on any atom is 0.160 e. The molecule has 0 saturated heterocycles. The molecule has 4 aromatic rings. The molecule has 2 aromatic heterocycles. The van der Waals surface area contributed by atoms with Gasteiger partial charge in [-0.1, -0.05) is 30.0 Å². The number of fused-ring (bicyclic) bond motifs is 1. The highest BCUT2D eigenvalue weighted by Gasteiger charge is 2.07. The molecule has 0 atom stereocenters. The second kappa shape index (κ2) is 6.82. The summed E-state index contributed by atoms with van der Waals surface area (Å²) in [5, 5.41) is 20.7. The van der Waals surface area contributed by atoms with Crippen molar-refractivity contribution in [1.82, 2.24) is 20.4 Å². The first-order valence-electron chi connectivity index (χ1n) is 7.66. The van der Waals surface area contributed by atoms with Crippen LogP contribution in [0, 0.1) is 0 Å². The standard InChI is InChI=1S/C18H15N5OS/c1-24-13-5-4-6-14(10-13)25-17-9-12(11-19-22-17)20-18-15-7-2-3-8-16(15)21-23-18/h2-11H,1H3,(H2,20,21,22,23). The van der Waals surface area contributed by atoms with E-state index in [2.05, 4.69) is 25.7 Å². The number of aromatic amines is 1. The van der Waals surface area contributed by atoms with E-state index in [0.29, 0.717) is 0 Å². The smallest absolute Gasteiger partial charge is 0.160 e. The van der Waals surface area contributed by atoms with Crippen molar-refractivity contribution >= 4 is 34.2 Å². The van der Waals surface area contributed by atoms with E-state index in [-0.39, 0.29) is 0 Å².